The Labute approximate surface area is 105 Å². The van der Waals surface area contributed by atoms with E-state index in [-0.39, 0.29) is 6.04 Å². The van der Waals surface area contributed by atoms with Crippen LogP contribution in [0.5, 0.6) is 0 Å². The molecule has 5 heteroatoms. The molecular formula is C12H18N2O2S. The van der Waals surface area contributed by atoms with Crippen molar-refractivity contribution in [3.8, 4) is 0 Å². The van der Waals surface area contributed by atoms with E-state index in [1.54, 1.807) is 11.3 Å². The molecule has 0 saturated carbocycles. The number of carboxylic acids is 1. The Morgan fingerprint density at radius 2 is 2.53 bits per heavy atom. The smallest absolute Gasteiger partial charge is 0.310 e. The first-order chi connectivity index (χ1) is 8.09. The molecule has 1 saturated heterocycles. The van der Waals surface area contributed by atoms with E-state index >= 15 is 0 Å². The number of rotatable bonds is 4. The second kappa shape index (κ2) is 4.74. The molecule has 1 N–H and O–H groups in total. The number of carboxylic acid groups (broad SMARTS) is 1. The van der Waals surface area contributed by atoms with E-state index in [2.05, 4.69) is 16.8 Å². The average molecular weight is 254 g/mol. The van der Waals surface area contributed by atoms with Crippen molar-refractivity contribution < 1.29 is 9.90 Å². The van der Waals surface area contributed by atoms with Gasteiger partial charge >= 0.3 is 5.97 Å². The summed E-state index contributed by atoms with van der Waals surface area (Å²) in [6.45, 7) is 5.60. The van der Waals surface area contributed by atoms with Gasteiger partial charge in [-0.1, -0.05) is 6.92 Å². The van der Waals surface area contributed by atoms with Gasteiger partial charge in [0.05, 0.1) is 10.9 Å². The molecule has 2 rings (SSSR count). The van der Waals surface area contributed by atoms with E-state index in [1.807, 2.05) is 18.6 Å². The molecule has 1 aliphatic heterocycles. The lowest BCUT2D eigenvalue weighted by molar-refractivity contribution is -0.148. The van der Waals surface area contributed by atoms with Crippen LogP contribution in [0.1, 0.15) is 37.6 Å². The zero-order valence-electron chi connectivity index (χ0n) is 10.2. The minimum Gasteiger partial charge on any atom is -0.481 e. The summed E-state index contributed by atoms with van der Waals surface area (Å²) in [7, 11) is 0. The van der Waals surface area contributed by atoms with Gasteiger partial charge in [-0.2, -0.15) is 0 Å². The predicted octanol–water partition coefficient (Wildman–Crippen LogP) is 2.39. The van der Waals surface area contributed by atoms with Gasteiger partial charge in [-0.25, -0.2) is 0 Å². The second-order valence-electron chi connectivity index (χ2n) is 4.74. The maximum Gasteiger partial charge on any atom is 0.310 e. The normalized spacial score (nSPS) is 27.2. The number of thiazole rings is 1. The molecular weight excluding hydrogens is 236 g/mol. The van der Waals surface area contributed by atoms with Gasteiger partial charge in [0.25, 0.3) is 0 Å². The van der Waals surface area contributed by atoms with Gasteiger partial charge in [0, 0.05) is 23.7 Å². The van der Waals surface area contributed by atoms with Crippen LogP contribution in [0.25, 0.3) is 0 Å². The number of hydrogen-bond acceptors (Lipinski definition) is 4. The molecule has 2 unspecified atom stereocenters. The highest BCUT2D eigenvalue weighted by atomic mass is 32.1. The summed E-state index contributed by atoms with van der Waals surface area (Å²) in [5.74, 6) is -0.654. The highest BCUT2D eigenvalue weighted by molar-refractivity contribution is 7.09. The second-order valence-corrected chi connectivity index (χ2v) is 5.66. The maximum absolute atomic E-state index is 11.4. The lowest BCUT2D eigenvalue weighted by Gasteiger charge is -2.26. The molecule has 0 amide bonds. The van der Waals surface area contributed by atoms with Crippen LogP contribution in [-0.4, -0.2) is 34.0 Å². The zero-order valence-corrected chi connectivity index (χ0v) is 11.0. The van der Waals surface area contributed by atoms with Crippen LogP contribution in [-0.2, 0) is 4.79 Å². The molecule has 1 aromatic rings. The summed E-state index contributed by atoms with van der Waals surface area (Å²) in [5.41, 5.74) is 1.28. The molecule has 0 aliphatic carbocycles. The van der Waals surface area contributed by atoms with Crippen molar-refractivity contribution in [2.24, 2.45) is 5.41 Å². The Hall–Kier alpha value is -0.940. The SMILES string of the molecule is CCC1(C(=O)O)CCN(C(C)c2cncs2)C1. The van der Waals surface area contributed by atoms with Crippen LogP contribution >= 0.6 is 11.3 Å². The van der Waals surface area contributed by atoms with Crippen molar-refractivity contribution in [2.75, 3.05) is 13.1 Å². The molecule has 0 spiro atoms. The molecule has 1 aromatic heterocycles. The molecule has 2 atom stereocenters. The topological polar surface area (TPSA) is 53.4 Å². The maximum atomic E-state index is 11.4. The third-order valence-electron chi connectivity index (χ3n) is 3.92. The highest BCUT2D eigenvalue weighted by Crippen LogP contribution is 2.38. The van der Waals surface area contributed by atoms with Crippen LogP contribution in [0, 0.1) is 5.41 Å². The molecule has 2 heterocycles. The largest absolute Gasteiger partial charge is 0.481 e. The van der Waals surface area contributed by atoms with E-state index in [1.165, 1.54) is 4.88 Å². The summed E-state index contributed by atoms with van der Waals surface area (Å²) in [5, 5.41) is 9.36. The molecule has 1 aliphatic rings. The van der Waals surface area contributed by atoms with Crippen molar-refractivity contribution >= 4 is 17.3 Å². The molecule has 0 bridgehead atoms. The standard InChI is InChI=1S/C12H18N2O2S/c1-3-12(11(15)16)4-5-14(7-12)9(2)10-6-13-8-17-10/h6,8-9H,3-5,7H2,1-2H3,(H,15,16). The third kappa shape index (κ3) is 2.21. The number of nitrogens with zero attached hydrogens (tertiary/aromatic N) is 2. The van der Waals surface area contributed by atoms with Crippen LogP contribution in [0.4, 0.5) is 0 Å². The fraction of sp³-hybridized carbons (Fsp3) is 0.667. The Kier molecular flexibility index (Phi) is 3.49. The van der Waals surface area contributed by atoms with Gasteiger partial charge in [0.1, 0.15) is 0 Å². The summed E-state index contributed by atoms with van der Waals surface area (Å²) in [6, 6.07) is 0.273. The van der Waals surface area contributed by atoms with Crippen molar-refractivity contribution in [1.82, 2.24) is 9.88 Å². The van der Waals surface area contributed by atoms with Gasteiger partial charge in [0.2, 0.25) is 0 Å². The fourth-order valence-electron chi connectivity index (χ4n) is 2.46. The lowest BCUT2D eigenvalue weighted by atomic mass is 9.84. The first-order valence-corrected chi connectivity index (χ1v) is 6.83. The van der Waals surface area contributed by atoms with Crippen LogP contribution < -0.4 is 0 Å². The van der Waals surface area contributed by atoms with Crippen molar-refractivity contribution in [2.45, 2.75) is 32.7 Å². The third-order valence-corrected chi connectivity index (χ3v) is 4.87. The van der Waals surface area contributed by atoms with Gasteiger partial charge in [0.15, 0.2) is 0 Å². The first-order valence-electron chi connectivity index (χ1n) is 5.95. The molecule has 1 fully saturated rings. The number of hydrogen-bond donors (Lipinski definition) is 1. The van der Waals surface area contributed by atoms with Gasteiger partial charge in [-0.05, 0) is 26.3 Å². The number of aromatic nitrogens is 1. The first kappa shape index (κ1) is 12.5. The van der Waals surface area contributed by atoms with E-state index in [0.717, 1.165) is 13.0 Å². The van der Waals surface area contributed by atoms with E-state index in [9.17, 15) is 9.90 Å². The predicted molar refractivity (Wildman–Crippen MR) is 67.1 cm³/mol. The van der Waals surface area contributed by atoms with Crippen molar-refractivity contribution in [3.05, 3.63) is 16.6 Å². The molecule has 94 valence electrons. The molecule has 0 radical (unpaired) electrons. The van der Waals surface area contributed by atoms with Crippen molar-refractivity contribution in [3.63, 3.8) is 0 Å². The Bertz CT molecular complexity index is 393. The Morgan fingerprint density at radius 1 is 1.76 bits per heavy atom. The zero-order chi connectivity index (χ0) is 12.5. The Morgan fingerprint density at radius 3 is 3.00 bits per heavy atom. The quantitative estimate of drug-likeness (QED) is 0.896. The van der Waals surface area contributed by atoms with Crippen molar-refractivity contribution in [1.29, 1.82) is 0 Å². The van der Waals surface area contributed by atoms with E-state index in [4.69, 9.17) is 0 Å². The van der Waals surface area contributed by atoms with Gasteiger partial charge in [-0.15, -0.1) is 11.3 Å². The Balaban J connectivity index is 2.09. The summed E-state index contributed by atoms with van der Waals surface area (Å²) < 4.78 is 0. The average Bonchev–Trinajstić information content (AvgIpc) is 2.98. The van der Waals surface area contributed by atoms with E-state index < -0.39 is 11.4 Å². The molecule has 0 aromatic carbocycles. The van der Waals surface area contributed by atoms with Crippen LogP contribution in [0.15, 0.2) is 11.7 Å². The van der Waals surface area contributed by atoms with E-state index in [0.29, 0.717) is 13.0 Å². The van der Waals surface area contributed by atoms with Gasteiger partial charge < -0.3 is 5.11 Å². The van der Waals surface area contributed by atoms with Crippen LogP contribution in [0.2, 0.25) is 0 Å². The monoisotopic (exact) mass is 254 g/mol. The summed E-state index contributed by atoms with van der Waals surface area (Å²) in [6.07, 6.45) is 3.33. The van der Waals surface area contributed by atoms with Gasteiger partial charge in [-0.3, -0.25) is 14.7 Å². The minimum absolute atomic E-state index is 0.273. The number of carbonyl (C=O) groups is 1. The highest BCUT2D eigenvalue weighted by Gasteiger charge is 2.44. The fourth-order valence-corrected chi connectivity index (χ4v) is 3.17. The summed E-state index contributed by atoms with van der Waals surface area (Å²) in [4.78, 5) is 18.9. The number of aliphatic carboxylic acids is 1. The molecule has 4 nitrogen and oxygen atoms in total. The minimum atomic E-state index is -0.654. The lowest BCUT2D eigenvalue weighted by Crippen LogP contribution is -2.34. The molecule has 17 heavy (non-hydrogen) atoms. The van der Waals surface area contributed by atoms with Crippen LogP contribution in [0.3, 0.4) is 0 Å². The summed E-state index contributed by atoms with van der Waals surface area (Å²) >= 11 is 1.63. The number of likely N-dealkylation sites (tertiary alicyclic amines) is 1.